The summed E-state index contributed by atoms with van der Waals surface area (Å²) in [6.07, 6.45) is -3.93. The molecule has 0 aliphatic carbocycles. The highest BCUT2D eigenvalue weighted by Gasteiger charge is 2.31. The molecule has 3 N–H and O–H groups in total. The molecule has 0 saturated carbocycles. The van der Waals surface area contributed by atoms with Gasteiger partial charge in [-0.1, -0.05) is 25.1 Å². The summed E-state index contributed by atoms with van der Waals surface area (Å²) in [4.78, 5) is 11.9. The van der Waals surface area contributed by atoms with Crippen LogP contribution in [-0.4, -0.2) is 36.2 Å². The monoisotopic (exact) mass is 330 g/mol. The molecule has 1 aromatic carbocycles. The van der Waals surface area contributed by atoms with Gasteiger partial charge in [-0.3, -0.25) is 4.79 Å². The first-order chi connectivity index (χ1) is 10.8. The van der Waals surface area contributed by atoms with Crippen molar-refractivity contribution in [1.82, 2.24) is 10.6 Å². The highest BCUT2D eigenvalue weighted by molar-refractivity contribution is 5.82. The van der Waals surface area contributed by atoms with Gasteiger partial charge in [0.2, 0.25) is 5.91 Å². The van der Waals surface area contributed by atoms with E-state index in [1.54, 1.807) is 6.07 Å². The van der Waals surface area contributed by atoms with E-state index < -0.39 is 23.9 Å². The highest BCUT2D eigenvalue weighted by atomic mass is 19.4. The molecule has 23 heavy (non-hydrogen) atoms. The first-order valence-corrected chi connectivity index (χ1v) is 7.63. The standard InChI is InChI=1S/C16H21F3N2O2/c1-10(11-3-2-4-12(7-11)16(17,18)19)5-6-20-15(23)14-8-13(22)9-21-14/h2-4,7,10,13-14,21-22H,5-6,8-9H2,1H3,(H,20,23)/t10-,13+,14-/m1/s1. The molecular weight excluding hydrogens is 309 g/mol. The molecule has 0 aromatic heterocycles. The number of hydrogen-bond acceptors (Lipinski definition) is 3. The minimum absolute atomic E-state index is 0.0975. The number of aliphatic hydroxyl groups is 1. The molecule has 1 heterocycles. The number of aliphatic hydroxyl groups excluding tert-OH is 1. The SMILES string of the molecule is C[C@H](CCNC(=O)[C@H]1C[C@H](O)CN1)c1cccc(C(F)(F)F)c1. The van der Waals surface area contributed by atoms with Crippen LogP contribution in [0.4, 0.5) is 13.2 Å². The first-order valence-electron chi connectivity index (χ1n) is 7.63. The Labute approximate surface area is 133 Å². The van der Waals surface area contributed by atoms with Gasteiger partial charge in [-0.05, 0) is 30.4 Å². The molecule has 0 spiro atoms. The fourth-order valence-corrected chi connectivity index (χ4v) is 2.64. The van der Waals surface area contributed by atoms with Gasteiger partial charge < -0.3 is 15.7 Å². The average molecular weight is 330 g/mol. The Morgan fingerprint density at radius 3 is 2.83 bits per heavy atom. The van der Waals surface area contributed by atoms with Crippen LogP contribution in [0.3, 0.4) is 0 Å². The Morgan fingerprint density at radius 1 is 1.48 bits per heavy atom. The van der Waals surface area contributed by atoms with Crippen LogP contribution in [-0.2, 0) is 11.0 Å². The number of rotatable bonds is 5. The van der Waals surface area contributed by atoms with Crippen molar-refractivity contribution in [2.45, 2.75) is 44.0 Å². The van der Waals surface area contributed by atoms with Gasteiger partial charge in [-0.2, -0.15) is 13.2 Å². The van der Waals surface area contributed by atoms with Gasteiger partial charge in [0.05, 0.1) is 17.7 Å². The second-order valence-corrected chi connectivity index (χ2v) is 5.95. The maximum absolute atomic E-state index is 12.7. The van der Waals surface area contributed by atoms with E-state index in [1.165, 1.54) is 6.07 Å². The fraction of sp³-hybridized carbons (Fsp3) is 0.562. The molecule has 4 nitrogen and oxygen atoms in total. The minimum Gasteiger partial charge on any atom is -0.392 e. The number of nitrogens with one attached hydrogen (secondary N) is 2. The van der Waals surface area contributed by atoms with Crippen molar-refractivity contribution in [3.63, 3.8) is 0 Å². The Morgan fingerprint density at radius 2 is 2.22 bits per heavy atom. The summed E-state index contributed by atoms with van der Waals surface area (Å²) >= 11 is 0. The zero-order valence-electron chi connectivity index (χ0n) is 12.9. The summed E-state index contributed by atoms with van der Waals surface area (Å²) in [5.41, 5.74) is -0.0569. The lowest BCUT2D eigenvalue weighted by atomic mass is 9.96. The lowest BCUT2D eigenvalue weighted by molar-refractivity contribution is -0.137. The van der Waals surface area contributed by atoms with Crippen molar-refractivity contribution in [3.05, 3.63) is 35.4 Å². The van der Waals surface area contributed by atoms with E-state index in [0.29, 0.717) is 31.5 Å². The van der Waals surface area contributed by atoms with E-state index in [-0.39, 0.29) is 11.8 Å². The van der Waals surface area contributed by atoms with Crippen LogP contribution in [0, 0.1) is 0 Å². The minimum atomic E-state index is -4.35. The number of β-amino-alcohol motifs (C(OH)–C–C–N with tert-alkyl or cyclic N) is 1. The number of carbonyl (C=O) groups is 1. The van der Waals surface area contributed by atoms with Crippen molar-refractivity contribution in [2.24, 2.45) is 0 Å². The van der Waals surface area contributed by atoms with Crippen molar-refractivity contribution in [3.8, 4) is 0 Å². The Balaban J connectivity index is 1.83. The summed E-state index contributed by atoms with van der Waals surface area (Å²) in [5, 5.41) is 15.0. The van der Waals surface area contributed by atoms with Gasteiger partial charge in [0.1, 0.15) is 0 Å². The summed E-state index contributed by atoms with van der Waals surface area (Å²) < 4.78 is 38.1. The van der Waals surface area contributed by atoms with Crippen LogP contribution in [0.2, 0.25) is 0 Å². The zero-order valence-corrected chi connectivity index (χ0v) is 12.9. The Bertz CT molecular complexity index is 548. The van der Waals surface area contributed by atoms with E-state index in [1.807, 2.05) is 6.92 Å². The maximum atomic E-state index is 12.7. The largest absolute Gasteiger partial charge is 0.416 e. The summed E-state index contributed by atoms with van der Waals surface area (Å²) in [6.45, 7) is 2.61. The molecule has 1 saturated heterocycles. The molecule has 1 aliphatic heterocycles. The zero-order chi connectivity index (χ0) is 17.0. The topological polar surface area (TPSA) is 61.4 Å². The second-order valence-electron chi connectivity index (χ2n) is 5.95. The molecule has 7 heteroatoms. The summed E-state index contributed by atoms with van der Waals surface area (Å²) in [5.74, 6) is -0.280. The average Bonchev–Trinajstić information content (AvgIpc) is 2.93. The molecule has 128 valence electrons. The number of amides is 1. The lowest BCUT2D eigenvalue weighted by Gasteiger charge is -2.16. The number of carbonyl (C=O) groups excluding carboxylic acids is 1. The molecular formula is C16H21F3N2O2. The highest BCUT2D eigenvalue weighted by Crippen LogP contribution is 2.31. The molecule has 1 aromatic rings. The molecule has 0 bridgehead atoms. The molecule has 0 radical (unpaired) electrons. The quantitative estimate of drug-likeness (QED) is 0.774. The third-order valence-electron chi connectivity index (χ3n) is 4.08. The van der Waals surface area contributed by atoms with Gasteiger partial charge in [0.15, 0.2) is 0 Å². The molecule has 1 aliphatic rings. The molecule has 0 unspecified atom stereocenters. The predicted octanol–water partition coefficient (Wildman–Crippen LogP) is 2.04. The number of hydrogen-bond donors (Lipinski definition) is 3. The molecule has 1 amide bonds. The van der Waals surface area contributed by atoms with Crippen molar-refractivity contribution >= 4 is 5.91 Å². The van der Waals surface area contributed by atoms with E-state index in [0.717, 1.165) is 12.1 Å². The van der Waals surface area contributed by atoms with Crippen LogP contribution in [0.5, 0.6) is 0 Å². The fourth-order valence-electron chi connectivity index (χ4n) is 2.64. The number of benzene rings is 1. The van der Waals surface area contributed by atoms with E-state index >= 15 is 0 Å². The van der Waals surface area contributed by atoms with Crippen LogP contribution in [0.25, 0.3) is 0 Å². The predicted molar refractivity (Wildman–Crippen MR) is 79.9 cm³/mol. The molecule has 2 rings (SSSR count). The smallest absolute Gasteiger partial charge is 0.392 e. The van der Waals surface area contributed by atoms with Crippen molar-refractivity contribution in [1.29, 1.82) is 0 Å². The van der Waals surface area contributed by atoms with E-state index in [2.05, 4.69) is 10.6 Å². The maximum Gasteiger partial charge on any atom is 0.416 e. The van der Waals surface area contributed by atoms with Gasteiger partial charge in [-0.25, -0.2) is 0 Å². The third kappa shape index (κ3) is 4.94. The number of alkyl halides is 3. The van der Waals surface area contributed by atoms with Gasteiger partial charge >= 0.3 is 6.18 Å². The van der Waals surface area contributed by atoms with Gasteiger partial charge in [-0.15, -0.1) is 0 Å². The normalized spacial score (nSPS) is 22.8. The Hall–Kier alpha value is -1.60. The number of halogens is 3. The van der Waals surface area contributed by atoms with Gasteiger partial charge in [0, 0.05) is 13.1 Å². The van der Waals surface area contributed by atoms with Crippen LogP contribution in [0.15, 0.2) is 24.3 Å². The summed E-state index contributed by atoms with van der Waals surface area (Å²) in [7, 11) is 0. The molecule has 3 atom stereocenters. The van der Waals surface area contributed by atoms with Crippen molar-refractivity contribution in [2.75, 3.05) is 13.1 Å². The van der Waals surface area contributed by atoms with E-state index in [4.69, 9.17) is 0 Å². The Kier molecular flexibility index (Phi) is 5.64. The van der Waals surface area contributed by atoms with Crippen molar-refractivity contribution < 1.29 is 23.1 Å². The van der Waals surface area contributed by atoms with Crippen LogP contribution in [0.1, 0.15) is 36.8 Å². The molecule has 1 fully saturated rings. The van der Waals surface area contributed by atoms with Crippen LogP contribution < -0.4 is 10.6 Å². The summed E-state index contributed by atoms with van der Waals surface area (Å²) in [6, 6.07) is 4.87. The van der Waals surface area contributed by atoms with E-state index in [9.17, 15) is 23.1 Å². The van der Waals surface area contributed by atoms with Gasteiger partial charge in [0.25, 0.3) is 0 Å². The second kappa shape index (κ2) is 7.31. The third-order valence-corrected chi connectivity index (χ3v) is 4.08. The van der Waals surface area contributed by atoms with Crippen LogP contribution >= 0.6 is 0 Å². The first kappa shape index (κ1) is 17.7. The lowest BCUT2D eigenvalue weighted by Crippen LogP contribution is -2.40.